The molecule has 2 aromatic rings. The largest absolute Gasteiger partial charge is 0.497 e. The van der Waals surface area contributed by atoms with Gasteiger partial charge in [0.25, 0.3) is 11.5 Å². The van der Waals surface area contributed by atoms with Gasteiger partial charge in [-0.05, 0) is 67.0 Å². The molecule has 2 aliphatic rings. The van der Waals surface area contributed by atoms with E-state index in [2.05, 4.69) is 10.1 Å². The molecule has 45 heavy (non-hydrogen) atoms. The van der Waals surface area contributed by atoms with Gasteiger partial charge in [0.2, 0.25) is 0 Å². The molecule has 3 amide bonds. The van der Waals surface area contributed by atoms with Crippen molar-refractivity contribution in [2.24, 2.45) is 0 Å². The van der Waals surface area contributed by atoms with Crippen LogP contribution in [0.4, 0.5) is 31.1 Å². The molecule has 1 unspecified atom stereocenters. The van der Waals surface area contributed by atoms with Gasteiger partial charge in [-0.25, -0.2) is 4.79 Å². The number of urea groups is 1. The average Bonchev–Trinajstić information content (AvgIpc) is 3.50. The number of benzene rings is 2. The lowest BCUT2D eigenvalue weighted by atomic mass is 9.84. The number of nitrogens with zero attached hydrogens (tertiary/aromatic N) is 1. The van der Waals surface area contributed by atoms with E-state index in [1.54, 1.807) is 45.0 Å². The first-order valence-electron chi connectivity index (χ1n) is 15.1. The average molecular weight is 645 g/mol. The number of hydrogen-bond acceptors (Lipinski definition) is 5. The zero-order chi connectivity index (χ0) is 33.2. The van der Waals surface area contributed by atoms with E-state index in [-0.39, 0.29) is 54.3 Å². The minimum atomic E-state index is -5.71. The van der Waals surface area contributed by atoms with Crippen LogP contribution < -0.4 is 14.8 Å². The van der Waals surface area contributed by atoms with Crippen LogP contribution in [0.1, 0.15) is 80.7 Å². The number of fused-ring (bicyclic) bond motifs is 1. The molecule has 4 rings (SSSR count). The number of methoxy groups -OCH3 is 1. The standard InChI is InChI=1S/C32H38F6N2O5/c1-5-10-20-18-25-24(19-45-30(25,31(33,34)35)32(36,37)38)23(11-6-2)26(20)44-17-9-8-16-40-27(41)29(7-3,39-28(40)42)21-12-14-22(43-4)15-13-21/h12-15,18H,5-11,16-17,19H2,1-4H3,(H,39,42). The van der Waals surface area contributed by atoms with E-state index < -0.39 is 41.7 Å². The van der Waals surface area contributed by atoms with Crippen molar-refractivity contribution >= 4 is 11.9 Å². The van der Waals surface area contributed by atoms with E-state index in [4.69, 9.17) is 9.47 Å². The summed E-state index contributed by atoms with van der Waals surface area (Å²) in [6.07, 6.45) is -9.02. The lowest BCUT2D eigenvalue weighted by Crippen LogP contribution is -2.53. The molecule has 2 aromatic carbocycles. The van der Waals surface area contributed by atoms with Crippen LogP contribution in [0.15, 0.2) is 30.3 Å². The van der Waals surface area contributed by atoms with E-state index in [9.17, 15) is 35.9 Å². The molecular weight excluding hydrogens is 606 g/mol. The van der Waals surface area contributed by atoms with Crippen LogP contribution in [0.25, 0.3) is 0 Å². The summed E-state index contributed by atoms with van der Waals surface area (Å²) < 4.78 is 100. The number of unbranched alkanes of at least 4 members (excludes halogenated alkanes) is 1. The quantitative estimate of drug-likeness (QED) is 0.139. The Bertz CT molecular complexity index is 1380. The zero-order valence-corrected chi connectivity index (χ0v) is 25.7. The van der Waals surface area contributed by atoms with Crippen molar-refractivity contribution in [3.8, 4) is 11.5 Å². The third-order valence-corrected chi connectivity index (χ3v) is 8.52. The van der Waals surface area contributed by atoms with Gasteiger partial charge in [0.1, 0.15) is 17.0 Å². The highest BCUT2D eigenvalue weighted by atomic mass is 19.4. The fourth-order valence-corrected chi connectivity index (χ4v) is 6.23. The Hall–Kier alpha value is -3.48. The Labute approximate surface area is 258 Å². The molecule has 248 valence electrons. The van der Waals surface area contributed by atoms with Gasteiger partial charge in [0.15, 0.2) is 0 Å². The minimum Gasteiger partial charge on any atom is -0.497 e. The summed E-state index contributed by atoms with van der Waals surface area (Å²) >= 11 is 0. The summed E-state index contributed by atoms with van der Waals surface area (Å²) in [6, 6.07) is 7.30. The van der Waals surface area contributed by atoms with Crippen molar-refractivity contribution in [3.63, 3.8) is 0 Å². The number of carbonyl (C=O) groups is 2. The van der Waals surface area contributed by atoms with E-state index in [0.717, 1.165) is 11.0 Å². The number of imide groups is 1. The number of hydrogen-bond donors (Lipinski definition) is 1. The van der Waals surface area contributed by atoms with Crippen molar-refractivity contribution in [3.05, 3.63) is 58.1 Å². The number of ether oxygens (including phenoxy) is 3. The number of rotatable bonds is 13. The summed E-state index contributed by atoms with van der Waals surface area (Å²) in [5.74, 6) is 0.507. The Balaban J connectivity index is 1.51. The summed E-state index contributed by atoms with van der Waals surface area (Å²) in [5.41, 5.74) is -5.51. The van der Waals surface area contributed by atoms with Crippen LogP contribution in [0, 0.1) is 0 Å². The van der Waals surface area contributed by atoms with E-state index in [1.807, 2.05) is 0 Å². The van der Waals surface area contributed by atoms with Gasteiger partial charge in [-0.2, -0.15) is 26.3 Å². The maximum atomic E-state index is 14.1. The first kappa shape index (κ1) is 34.4. The molecule has 0 bridgehead atoms. The Morgan fingerprint density at radius 2 is 1.60 bits per heavy atom. The van der Waals surface area contributed by atoms with Crippen LogP contribution in [0.5, 0.6) is 11.5 Å². The molecule has 1 saturated heterocycles. The third-order valence-electron chi connectivity index (χ3n) is 8.52. The van der Waals surface area contributed by atoms with E-state index in [0.29, 0.717) is 43.4 Å². The molecule has 1 atom stereocenters. The first-order valence-corrected chi connectivity index (χ1v) is 15.1. The van der Waals surface area contributed by atoms with Gasteiger partial charge in [0, 0.05) is 17.7 Å². The fraction of sp³-hybridized carbons (Fsp3) is 0.562. The van der Waals surface area contributed by atoms with Crippen molar-refractivity contribution in [1.29, 1.82) is 0 Å². The first-order chi connectivity index (χ1) is 21.2. The number of halogens is 6. The van der Waals surface area contributed by atoms with Crippen molar-refractivity contribution < 1.29 is 50.1 Å². The molecule has 1 N–H and O–H groups in total. The van der Waals surface area contributed by atoms with Gasteiger partial charge in [-0.3, -0.25) is 9.69 Å². The van der Waals surface area contributed by atoms with Gasteiger partial charge in [-0.15, -0.1) is 0 Å². The van der Waals surface area contributed by atoms with Crippen molar-refractivity contribution in [1.82, 2.24) is 10.2 Å². The number of amides is 3. The summed E-state index contributed by atoms with van der Waals surface area (Å²) in [7, 11) is 1.53. The van der Waals surface area contributed by atoms with Crippen LogP contribution in [-0.4, -0.2) is 49.5 Å². The fourth-order valence-electron chi connectivity index (χ4n) is 6.23. The molecule has 0 radical (unpaired) electrons. The van der Waals surface area contributed by atoms with Gasteiger partial charge < -0.3 is 19.5 Å². The number of nitrogens with one attached hydrogen (secondary N) is 1. The molecule has 1 fully saturated rings. The molecule has 2 aliphatic heterocycles. The highest BCUT2D eigenvalue weighted by Gasteiger charge is 2.76. The van der Waals surface area contributed by atoms with Crippen molar-refractivity contribution in [2.45, 2.75) is 95.8 Å². The molecule has 0 aliphatic carbocycles. The Kier molecular flexibility index (Phi) is 10.0. The summed E-state index contributed by atoms with van der Waals surface area (Å²) in [5, 5.41) is 2.83. The monoisotopic (exact) mass is 644 g/mol. The van der Waals surface area contributed by atoms with E-state index in [1.165, 1.54) is 7.11 Å². The van der Waals surface area contributed by atoms with Crippen molar-refractivity contribution in [2.75, 3.05) is 20.3 Å². The molecule has 0 spiro atoms. The second-order valence-corrected chi connectivity index (χ2v) is 11.3. The molecule has 7 nitrogen and oxygen atoms in total. The van der Waals surface area contributed by atoms with Crippen LogP contribution in [0.2, 0.25) is 0 Å². The van der Waals surface area contributed by atoms with Crippen LogP contribution in [0.3, 0.4) is 0 Å². The number of carbonyl (C=O) groups excluding carboxylic acids is 2. The zero-order valence-electron chi connectivity index (χ0n) is 25.7. The maximum absolute atomic E-state index is 14.1. The molecule has 2 heterocycles. The molecule has 13 heteroatoms. The summed E-state index contributed by atoms with van der Waals surface area (Å²) in [6.45, 7) is 4.70. The highest BCUT2D eigenvalue weighted by Crippen LogP contribution is 2.58. The topological polar surface area (TPSA) is 77.1 Å². The summed E-state index contributed by atoms with van der Waals surface area (Å²) in [4.78, 5) is 27.4. The van der Waals surface area contributed by atoms with Crippen LogP contribution in [-0.2, 0) is 40.1 Å². The lowest BCUT2D eigenvalue weighted by molar-refractivity contribution is -0.385. The normalized spacial score (nSPS) is 19.6. The van der Waals surface area contributed by atoms with E-state index >= 15 is 0 Å². The van der Waals surface area contributed by atoms with Gasteiger partial charge in [-0.1, -0.05) is 45.7 Å². The molecular formula is C32H38F6N2O5. The third kappa shape index (κ3) is 5.95. The minimum absolute atomic E-state index is 0.0812. The smallest absolute Gasteiger partial charge is 0.430 e. The van der Waals surface area contributed by atoms with Crippen LogP contribution >= 0.6 is 0 Å². The predicted octanol–water partition coefficient (Wildman–Crippen LogP) is 7.47. The number of aryl methyl sites for hydroxylation is 1. The SMILES string of the molecule is CCCc1cc2c(c(CCC)c1OCCCCN1C(=O)NC(CC)(c3ccc(OC)cc3)C1=O)COC2(C(F)(F)F)C(F)(F)F. The Morgan fingerprint density at radius 3 is 2.16 bits per heavy atom. The maximum Gasteiger partial charge on any atom is 0.430 e. The second-order valence-electron chi connectivity index (χ2n) is 11.3. The second kappa shape index (κ2) is 13.1. The molecule has 0 aromatic heterocycles. The Morgan fingerprint density at radius 1 is 0.956 bits per heavy atom. The molecule has 0 saturated carbocycles. The predicted molar refractivity (Wildman–Crippen MR) is 153 cm³/mol. The van der Waals surface area contributed by atoms with Gasteiger partial charge in [0.05, 0.1) is 20.3 Å². The van der Waals surface area contributed by atoms with Gasteiger partial charge >= 0.3 is 18.4 Å². The lowest BCUT2D eigenvalue weighted by Gasteiger charge is -2.34. The number of alkyl halides is 6. The highest BCUT2D eigenvalue weighted by molar-refractivity contribution is 6.07.